The average molecular weight is 207 g/mol. The molecule has 0 radical (unpaired) electrons. The minimum absolute atomic E-state index is 0.133. The number of aromatic amines is 1. The Balaban J connectivity index is 2.87. The minimum atomic E-state index is -4.36. The molecule has 1 aromatic rings. The fourth-order valence-corrected chi connectivity index (χ4v) is 1.16. The van der Waals surface area contributed by atoms with Crippen LogP contribution in [0.15, 0.2) is 6.20 Å². The van der Waals surface area contributed by atoms with Gasteiger partial charge in [0.15, 0.2) is 0 Å². The second-order valence-corrected chi connectivity index (χ2v) is 3.02. The SMILES string of the molecule is CCC(CN)c1ncc(C(F)(F)F)[nH]1. The Labute approximate surface area is 79.5 Å². The van der Waals surface area contributed by atoms with Crippen LogP contribution in [0.25, 0.3) is 0 Å². The standard InChI is InChI=1S/C8H12F3N3/c1-2-5(3-12)7-13-4-6(14-7)8(9,10)11/h4-5H,2-3,12H2,1H3,(H,13,14). The maximum absolute atomic E-state index is 12.2. The number of hydrogen-bond donors (Lipinski definition) is 2. The summed E-state index contributed by atoms with van der Waals surface area (Å²) in [7, 11) is 0. The first-order valence-corrected chi connectivity index (χ1v) is 4.31. The highest BCUT2D eigenvalue weighted by molar-refractivity contribution is 5.08. The molecule has 1 aromatic heterocycles. The quantitative estimate of drug-likeness (QED) is 0.795. The number of alkyl halides is 3. The summed E-state index contributed by atoms with van der Waals surface area (Å²) in [5.74, 6) is 0.174. The number of nitrogens with zero attached hydrogens (tertiary/aromatic N) is 1. The Hall–Kier alpha value is -1.04. The van der Waals surface area contributed by atoms with Crippen molar-refractivity contribution in [3.63, 3.8) is 0 Å². The van der Waals surface area contributed by atoms with Gasteiger partial charge in [-0.25, -0.2) is 4.98 Å². The van der Waals surface area contributed by atoms with Crippen molar-refractivity contribution in [2.24, 2.45) is 5.73 Å². The average Bonchev–Trinajstić information content (AvgIpc) is 2.54. The van der Waals surface area contributed by atoms with Crippen LogP contribution in [-0.2, 0) is 6.18 Å². The highest BCUT2D eigenvalue weighted by Crippen LogP contribution is 2.28. The molecular weight excluding hydrogens is 195 g/mol. The van der Waals surface area contributed by atoms with E-state index in [1.807, 2.05) is 6.92 Å². The summed E-state index contributed by atoms with van der Waals surface area (Å²) in [6.45, 7) is 2.15. The highest BCUT2D eigenvalue weighted by Gasteiger charge is 2.33. The molecule has 0 aromatic carbocycles. The summed E-state index contributed by atoms with van der Waals surface area (Å²) in [6.07, 6.45) is -2.90. The van der Waals surface area contributed by atoms with E-state index in [0.29, 0.717) is 18.8 Å². The molecule has 3 nitrogen and oxygen atoms in total. The van der Waals surface area contributed by atoms with Gasteiger partial charge in [-0.1, -0.05) is 6.92 Å². The molecule has 0 amide bonds. The fourth-order valence-electron chi connectivity index (χ4n) is 1.16. The van der Waals surface area contributed by atoms with E-state index in [-0.39, 0.29) is 5.92 Å². The summed E-state index contributed by atoms with van der Waals surface area (Å²) < 4.78 is 36.5. The third-order valence-electron chi connectivity index (χ3n) is 2.06. The summed E-state index contributed by atoms with van der Waals surface area (Å²) in [6, 6.07) is 0. The number of nitrogens with two attached hydrogens (primary N) is 1. The van der Waals surface area contributed by atoms with Gasteiger partial charge in [0, 0.05) is 12.5 Å². The molecule has 0 bridgehead atoms. The van der Waals surface area contributed by atoms with Gasteiger partial charge in [0.2, 0.25) is 0 Å². The van der Waals surface area contributed by atoms with Crippen LogP contribution in [0.5, 0.6) is 0 Å². The van der Waals surface area contributed by atoms with Crippen molar-refractivity contribution in [1.82, 2.24) is 9.97 Å². The van der Waals surface area contributed by atoms with Crippen LogP contribution in [-0.4, -0.2) is 16.5 Å². The topological polar surface area (TPSA) is 54.7 Å². The number of H-pyrrole nitrogens is 1. The molecule has 1 rings (SSSR count). The predicted octanol–water partition coefficient (Wildman–Crippen LogP) is 1.88. The largest absolute Gasteiger partial charge is 0.432 e. The molecule has 6 heteroatoms. The minimum Gasteiger partial charge on any atom is -0.338 e. The lowest BCUT2D eigenvalue weighted by atomic mass is 10.1. The first-order chi connectivity index (χ1) is 6.49. The van der Waals surface area contributed by atoms with Crippen molar-refractivity contribution in [2.75, 3.05) is 6.54 Å². The van der Waals surface area contributed by atoms with Crippen LogP contribution in [0.1, 0.15) is 30.8 Å². The van der Waals surface area contributed by atoms with E-state index in [9.17, 15) is 13.2 Å². The van der Waals surface area contributed by atoms with E-state index in [4.69, 9.17) is 5.73 Å². The highest BCUT2D eigenvalue weighted by atomic mass is 19.4. The normalized spacial score (nSPS) is 14.4. The zero-order valence-electron chi connectivity index (χ0n) is 7.73. The second kappa shape index (κ2) is 4.00. The van der Waals surface area contributed by atoms with Gasteiger partial charge in [-0.2, -0.15) is 13.2 Å². The van der Waals surface area contributed by atoms with Crippen LogP contribution >= 0.6 is 0 Å². The number of aromatic nitrogens is 2. The van der Waals surface area contributed by atoms with Crippen molar-refractivity contribution in [2.45, 2.75) is 25.4 Å². The summed E-state index contributed by atoms with van der Waals surface area (Å²) in [5, 5.41) is 0. The Morgan fingerprint density at radius 3 is 2.57 bits per heavy atom. The van der Waals surface area contributed by atoms with Crippen molar-refractivity contribution in [1.29, 1.82) is 0 Å². The number of rotatable bonds is 3. The number of halogens is 3. The van der Waals surface area contributed by atoms with Crippen LogP contribution in [0.4, 0.5) is 13.2 Å². The van der Waals surface area contributed by atoms with Crippen molar-refractivity contribution in [3.8, 4) is 0 Å². The van der Waals surface area contributed by atoms with E-state index >= 15 is 0 Å². The van der Waals surface area contributed by atoms with Crippen LogP contribution < -0.4 is 5.73 Å². The lowest BCUT2D eigenvalue weighted by Gasteiger charge is -2.08. The molecule has 1 unspecified atom stereocenters. The monoisotopic (exact) mass is 207 g/mol. The molecule has 80 valence electrons. The van der Waals surface area contributed by atoms with Crippen LogP contribution in [0.3, 0.4) is 0 Å². The van der Waals surface area contributed by atoms with Gasteiger partial charge in [-0.15, -0.1) is 0 Å². The zero-order chi connectivity index (χ0) is 10.8. The molecular formula is C8H12F3N3. The molecule has 0 saturated heterocycles. The molecule has 0 aliphatic rings. The molecule has 0 aliphatic heterocycles. The fraction of sp³-hybridized carbons (Fsp3) is 0.625. The third-order valence-corrected chi connectivity index (χ3v) is 2.06. The zero-order valence-corrected chi connectivity index (χ0v) is 7.73. The number of nitrogens with one attached hydrogen (secondary N) is 1. The maximum Gasteiger partial charge on any atom is 0.432 e. The van der Waals surface area contributed by atoms with Gasteiger partial charge in [0.05, 0.1) is 6.20 Å². The van der Waals surface area contributed by atoms with Gasteiger partial charge < -0.3 is 10.7 Å². The van der Waals surface area contributed by atoms with E-state index in [2.05, 4.69) is 9.97 Å². The van der Waals surface area contributed by atoms with E-state index < -0.39 is 11.9 Å². The molecule has 14 heavy (non-hydrogen) atoms. The molecule has 1 atom stereocenters. The molecule has 3 N–H and O–H groups in total. The van der Waals surface area contributed by atoms with Gasteiger partial charge >= 0.3 is 6.18 Å². The third kappa shape index (κ3) is 2.25. The van der Waals surface area contributed by atoms with Gasteiger partial charge in [0.25, 0.3) is 0 Å². The lowest BCUT2D eigenvalue weighted by Crippen LogP contribution is -2.13. The van der Waals surface area contributed by atoms with Crippen LogP contribution in [0.2, 0.25) is 0 Å². The molecule has 0 fully saturated rings. The molecule has 0 aliphatic carbocycles. The smallest absolute Gasteiger partial charge is 0.338 e. The Kier molecular flexibility index (Phi) is 3.15. The van der Waals surface area contributed by atoms with Crippen molar-refractivity contribution >= 4 is 0 Å². The molecule has 0 saturated carbocycles. The predicted molar refractivity (Wildman–Crippen MR) is 45.7 cm³/mol. The summed E-state index contributed by atoms with van der Waals surface area (Å²) >= 11 is 0. The maximum atomic E-state index is 12.2. The first kappa shape index (κ1) is 11.0. The van der Waals surface area contributed by atoms with Crippen LogP contribution in [0, 0.1) is 0 Å². The molecule has 1 heterocycles. The summed E-state index contributed by atoms with van der Waals surface area (Å²) in [5.41, 5.74) is 4.57. The molecule has 0 spiro atoms. The van der Waals surface area contributed by atoms with Gasteiger partial charge in [0.1, 0.15) is 11.5 Å². The van der Waals surface area contributed by atoms with E-state index in [1.165, 1.54) is 0 Å². The van der Waals surface area contributed by atoms with Crippen molar-refractivity contribution < 1.29 is 13.2 Å². The first-order valence-electron chi connectivity index (χ1n) is 4.31. The Bertz CT molecular complexity index is 288. The van der Waals surface area contributed by atoms with Crippen molar-refractivity contribution in [3.05, 3.63) is 17.7 Å². The van der Waals surface area contributed by atoms with Gasteiger partial charge in [-0.3, -0.25) is 0 Å². The van der Waals surface area contributed by atoms with E-state index in [1.54, 1.807) is 0 Å². The number of imidazole rings is 1. The van der Waals surface area contributed by atoms with Gasteiger partial charge in [-0.05, 0) is 6.42 Å². The Morgan fingerprint density at radius 1 is 1.57 bits per heavy atom. The van der Waals surface area contributed by atoms with E-state index in [0.717, 1.165) is 6.20 Å². The second-order valence-electron chi connectivity index (χ2n) is 3.02. The summed E-state index contributed by atoms with van der Waals surface area (Å²) in [4.78, 5) is 5.91. The Morgan fingerprint density at radius 2 is 2.21 bits per heavy atom. The lowest BCUT2D eigenvalue weighted by molar-refractivity contribution is -0.140. The number of hydrogen-bond acceptors (Lipinski definition) is 2.